The van der Waals surface area contributed by atoms with E-state index in [9.17, 15) is 14.4 Å². The molecule has 0 radical (unpaired) electrons. The minimum atomic E-state index is -1.41. The molecule has 2 aromatic carbocycles. The molecule has 4 rings (SSSR count). The maximum Gasteiger partial charge on any atom is 0.271 e. The Bertz CT molecular complexity index is 1210. The Morgan fingerprint density at radius 3 is 2.41 bits per heavy atom. The topological polar surface area (TPSA) is 91.3 Å². The molecule has 3 amide bonds. The van der Waals surface area contributed by atoms with Crippen molar-refractivity contribution < 1.29 is 19.1 Å². The molecule has 9 heteroatoms. The number of thioether (sulfide) groups is 1. The number of carbonyl (C=O) groups is 3. The highest BCUT2D eigenvalue weighted by atomic mass is 32.2. The van der Waals surface area contributed by atoms with Gasteiger partial charge in [0.2, 0.25) is 16.7 Å². The highest BCUT2D eigenvalue weighted by Gasteiger charge is 2.61. The van der Waals surface area contributed by atoms with E-state index in [1.165, 1.54) is 18.9 Å². The molecule has 178 valence electrons. The van der Waals surface area contributed by atoms with Gasteiger partial charge in [-0.3, -0.25) is 14.4 Å². The first-order valence-corrected chi connectivity index (χ1v) is 11.9. The van der Waals surface area contributed by atoms with E-state index in [1.54, 1.807) is 4.90 Å². The monoisotopic (exact) mass is 480 g/mol. The Morgan fingerprint density at radius 1 is 1.15 bits per heavy atom. The van der Waals surface area contributed by atoms with Crippen LogP contribution in [0.2, 0.25) is 0 Å². The average molecular weight is 481 g/mol. The molecule has 1 unspecified atom stereocenters. The van der Waals surface area contributed by atoms with E-state index in [-0.39, 0.29) is 29.0 Å². The summed E-state index contributed by atoms with van der Waals surface area (Å²) < 4.78 is 5.73. The lowest BCUT2D eigenvalue weighted by Gasteiger charge is -2.29. The number of hydrogen-bond acceptors (Lipinski definition) is 6. The van der Waals surface area contributed by atoms with E-state index in [1.807, 2.05) is 64.1 Å². The summed E-state index contributed by atoms with van der Waals surface area (Å²) in [6.07, 6.45) is 0.0680. The number of hydrazone groups is 1. The Hall–Kier alpha value is -3.33. The number of amidine groups is 1. The molecule has 0 saturated carbocycles. The molecule has 0 saturated heterocycles. The van der Waals surface area contributed by atoms with Crippen LogP contribution in [0.5, 0.6) is 5.75 Å². The van der Waals surface area contributed by atoms with Gasteiger partial charge in [0.1, 0.15) is 5.75 Å². The summed E-state index contributed by atoms with van der Waals surface area (Å²) in [5, 5.41) is 8.38. The number of anilines is 1. The Balaban J connectivity index is 1.78. The zero-order valence-electron chi connectivity index (χ0n) is 20.1. The zero-order valence-corrected chi connectivity index (χ0v) is 20.9. The first-order chi connectivity index (χ1) is 16.0. The molecule has 0 aliphatic carbocycles. The maximum absolute atomic E-state index is 14.1. The van der Waals surface area contributed by atoms with Crippen LogP contribution in [0, 0.1) is 13.8 Å². The summed E-state index contributed by atoms with van der Waals surface area (Å²) in [7, 11) is 0. The molecule has 2 aliphatic rings. The number of amides is 3. The quantitative estimate of drug-likeness (QED) is 0.719. The molecule has 1 atom stereocenters. The van der Waals surface area contributed by atoms with Crippen LogP contribution in [0.25, 0.3) is 0 Å². The number of rotatable bonds is 4. The Morgan fingerprint density at radius 2 is 1.82 bits per heavy atom. The van der Waals surface area contributed by atoms with Gasteiger partial charge >= 0.3 is 0 Å². The van der Waals surface area contributed by atoms with Crippen molar-refractivity contribution in [3.05, 3.63) is 58.7 Å². The van der Waals surface area contributed by atoms with Crippen LogP contribution in [-0.2, 0) is 25.8 Å². The summed E-state index contributed by atoms with van der Waals surface area (Å²) >= 11 is 1.09. The van der Waals surface area contributed by atoms with E-state index in [0.717, 1.165) is 39.9 Å². The summed E-state index contributed by atoms with van der Waals surface area (Å²) in [5.74, 6) is -0.220. The van der Waals surface area contributed by atoms with E-state index in [0.29, 0.717) is 12.1 Å². The predicted molar refractivity (Wildman–Crippen MR) is 132 cm³/mol. The Kier molecular flexibility index (Phi) is 6.16. The first kappa shape index (κ1) is 23.8. The van der Waals surface area contributed by atoms with Gasteiger partial charge in [-0.2, -0.15) is 5.01 Å². The van der Waals surface area contributed by atoms with Crippen molar-refractivity contribution in [1.29, 1.82) is 0 Å². The lowest BCUT2D eigenvalue weighted by molar-refractivity contribution is -0.139. The van der Waals surface area contributed by atoms with Gasteiger partial charge in [-0.25, -0.2) is 0 Å². The molecule has 0 aromatic heterocycles. The number of nitrogens with zero attached hydrogens (tertiary/aromatic N) is 3. The molecular weight excluding hydrogens is 452 g/mol. The van der Waals surface area contributed by atoms with Crippen LogP contribution in [0.15, 0.2) is 41.5 Å². The minimum Gasteiger partial charge on any atom is -0.491 e. The van der Waals surface area contributed by atoms with Crippen LogP contribution in [0.3, 0.4) is 0 Å². The molecular formula is C25H28N4O4S. The van der Waals surface area contributed by atoms with Crippen LogP contribution >= 0.6 is 11.8 Å². The zero-order chi connectivity index (χ0) is 24.8. The normalized spacial score (nSPS) is 19.0. The molecule has 34 heavy (non-hydrogen) atoms. The lowest BCUT2D eigenvalue weighted by atomic mass is 10.0. The number of aryl methyl sites for hydroxylation is 2. The molecule has 2 aliphatic heterocycles. The number of fused-ring (bicyclic) bond motifs is 2. The number of nitrogens with one attached hydrogen (secondary N) is 1. The van der Waals surface area contributed by atoms with Crippen molar-refractivity contribution in [3.63, 3.8) is 0 Å². The molecule has 1 N–H and O–H groups in total. The van der Waals surface area contributed by atoms with E-state index >= 15 is 0 Å². The average Bonchev–Trinajstić information content (AvgIpc) is 3.21. The Labute approximate surface area is 203 Å². The third-order valence-corrected chi connectivity index (χ3v) is 6.81. The van der Waals surface area contributed by atoms with Crippen molar-refractivity contribution >= 4 is 40.3 Å². The van der Waals surface area contributed by atoms with Gasteiger partial charge in [0.25, 0.3) is 5.91 Å². The van der Waals surface area contributed by atoms with Crippen LogP contribution < -0.4 is 15.0 Å². The maximum atomic E-state index is 14.1. The second-order valence-corrected chi connectivity index (χ2v) is 10.0. The molecule has 2 heterocycles. The predicted octanol–water partition coefficient (Wildman–Crippen LogP) is 3.79. The first-order valence-electron chi connectivity index (χ1n) is 11.1. The van der Waals surface area contributed by atoms with E-state index in [2.05, 4.69) is 10.4 Å². The summed E-state index contributed by atoms with van der Waals surface area (Å²) in [6, 6.07) is 11.6. The van der Waals surface area contributed by atoms with Gasteiger partial charge in [0.05, 0.1) is 18.3 Å². The summed E-state index contributed by atoms with van der Waals surface area (Å²) in [6.45, 7) is 10.9. The van der Waals surface area contributed by atoms with Crippen LogP contribution in [0.1, 0.15) is 49.9 Å². The third-order valence-electron chi connectivity index (χ3n) is 5.57. The van der Waals surface area contributed by atoms with Gasteiger partial charge < -0.3 is 15.0 Å². The SMILES string of the molecule is CC(=O)NC1=NN(C(C)=O)C2(S1)C(=O)N(Cc1ccc(OC(C)C)cc1)c1c(C)cc(C)cc12. The van der Waals surface area contributed by atoms with Crippen LogP contribution in [-0.4, -0.2) is 34.0 Å². The van der Waals surface area contributed by atoms with Gasteiger partial charge in [-0.1, -0.05) is 29.8 Å². The van der Waals surface area contributed by atoms with Crippen molar-refractivity contribution in [2.24, 2.45) is 5.10 Å². The van der Waals surface area contributed by atoms with Crippen molar-refractivity contribution in [1.82, 2.24) is 10.3 Å². The van der Waals surface area contributed by atoms with Gasteiger partial charge in [0, 0.05) is 19.4 Å². The minimum absolute atomic E-state index is 0.0680. The van der Waals surface area contributed by atoms with Crippen molar-refractivity contribution in [2.45, 2.75) is 59.1 Å². The number of benzene rings is 2. The van der Waals surface area contributed by atoms with E-state index in [4.69, 9.17) is 4.74 Å². The highest BCUT2D eigenvalue weighted by Crippen LogP contribution is 2.55. The fourth-order valence-corrected chi connectivity index (χ4v) is 5.73. The largest absolute Gasteiger partial charge is 0.491 e. The summed E-state index contributed by atoms with van der Waals surface area (Å²) in [4.78, 5) is 38.8. The van der Waals surface area contributed by atoms with Crippen molar-refractivity contribution in [2.75, 3.05) is 4.90 Å². The number of carbonyl (C=O) groups excluding carboxylic acids is 3. The molecule has 8 nitrogen and oxygen atoms in total. The van der Waals surface area contributed by atoms with Crippen LogP contribution in [0.4, 0.5) is 5.69 Å². The summed E-state index contributed by atoms with van der Waals surface area (Å²) in [5.41, 5.74) is 4.28. The fraction of sp³-hybridized carbons (Fsp3) is 0.360. The van der Waals surface area contributed by atoms with Gasteiger partial charge in [0.15, 0.2) is 5.17 Å². The number of ether oxygens (including phenoxy) is 1. The second kappa shape index (κ2) is 8.79. The lowest BCUT2D eigenvalue weighted by Crippen LogP contribution is -2.48. The number of hydrogen-bond donors (Lipinski definition) is 1. The second-order valence-electron chi connectivity index (χ2n) is 8.84. The van der Waals surface area contributed by atoms with E-state index < -0.39 is 4.87 Å². The van der Waals surface area contributed by atoms with Gasteiger partial charge in [-0.05, 0) is 62.7 Å². The van der Waals surface area contributed by atoms with Gasteiger partial charge in [-0.15, -0.1) is 5.10 Å². The molecule has 0 bridgehead atoms. The smallest absolute Gasteiger partial charge is 0.271 e. The van der Waals surface area contributed by atoms with Crippen molar-refractivity contribution in [3.8, 4) is 5.75 Å². The molecule has 1 spiro atoms. The fourth-order valence-electron chi connectivity index (χ4n) is 4.42. The third kappa shape index (κ3) is 4.04. The highest BCUT2D eigenvalue weighted by molar-refractivity contribution is 8.15. The molecule has 0 fully saturated rings. The molecule has 2 aromatic rings. The standard InChI is InChI=1S/C25H28N4O4S/c1-14(2)33-20-9-7-19(8-10-20)13-28-22-16(4)11-15(3)12-21(22)25(23(28)32)29(18(6)31)27-24(34-25)26-17(5)30/h7-12,14H,13H2,1-6H3,(H,26,27,30).